The summed E-state index contributed by atoms with van der Waals surface area (Å²) in [6.07, 6.45) is -2.68. The summed E-state index contributed by atoms with van der Waals surface area (Å²) < 4.78 is 38.6. The van der Waals surface area contributed by atoms with Crippen molar-refractivity contribution in [3.63, 3.8) is 0 Å². The average Bonchev–Trinajstić information content (AvgIpc) is 2.86. The largest absolute Gasteiger partial charge is 0.408 e. The zero-order chi connectivity index (χ0) is 25.6. The maximum atomic E-state index is 10.2. The van der Waals surface area contributed by atoms with Crippen molar-refractivity contribution in [2.24, 2.45) is 0 Å². The van der Waals surface area contributed by atoms with Gasteiger partial charge in [-0.1, -0.05) is 81.4 Å². The van der Waals surface area contributed by atoms with Gasteiger partial charge in [0.05, 0.1) is 13.2 Å². The molecule has 7 nitrogen and oxygen atoms in total. The van der Waals surface area contributed by atoms with Crippen LogP contribution in [0.5, 0.6) is 0 Å². The van der Waals surface area contributed by atoms with Gasteiger partial charge in [0.25, 0.3) is 0 Å². The molecule has 6 rings (SSSR count). The monoisotopic (exact) mass is 514 g/mol. The van der Waals surface area contributed by atoms with E-state index in [1.165, 1.54) is 0 Å². The van der Waals surface area contributed by atoms with Crippen LogP contribution in [0.1, 0.15) is 31.9 Å². The SMILES string of the molecule is CC(C)(C)[Si](C)(C)OC1[C@H]2OC3(CO)OC([C@@H]2OCc2ccccc2)[C@H](OCc2ccccc2)[C@H]1O3. The molecule has 1 saturated carbocycles. The average molecular weight is 515 g/mol. The van der Waals surface area contributed by atoms with Crippen molar-refractivity contribution in [1.82, 2.24) is 0 Å². The molecule has 7 atom stereocenters. The predicted octanol–water partition coefficient (Wildman–Crippen LogP) is 4.39. The molecule has 4 fully saturated rings. The molecule has 3 saturated heterocycles. The molecule has 4 aliphatic rings. The predicted molar refractivity (Wildman–Crippen MR) is 137 cm³/mol. The van der Waals surface area contributed by atoms with Gasteiger partial charge in [0, 0.05) is 0 Å². The van der Waals surface area contributed by atoms with E-state index in [2.05, 4.69) is 33.9 Å². The van der Waals surface area contributed by atoms with Crippen molar-refractivity contribution in [3.8, 4) is 0 Å². The summed E-state index contributed by atoms with van der Waals surface area (Å²) in [5.74, 6) is -1.52. The van der Waals surface area contributed by atoms with Crippen LogP contribution in [0.2, 0.25) is 18.1 Å². The number of aliphatic hydroxyl groups excluding tert-OH is 1. The molecule has 36 heavy (non-hydrogen) atoms. The Morgan fingerprint density at radius 2 is 1.17 bits per heavy atom. The molecule has 2 aromatic carbocycles. The second-order valence-corrected chi connectivity index (χ2v) is 16.2. The molecule has 8 heteroatoms. The van der Waals surface area contributed by atoms with E-state index in [0.29, 0.717) is 13.2 Å². The van der Waals surface area contributed by atoms with Crippen molar-refractivity contribution in [3.05, 3.63) is 71.8 Å². The Kier molecular flexibility index (Phi) is 7.17. The summed E-state index contributed by atoms with van der Waals surface area (Å²) in [4.78, 5) is 0. The van der Waals surface area contributed by atoms with E-state index in [-0.39, 0.29) is 5.04 Å². The second kappa shape index (κ2) is 9.92. The first-order valence-electron chi connectivity index (χ1n) is 12.8. The van der Waals surface area contributed by atoms with Gasteiger partial charge in [0.1, 0.15) is 43.2 Å². The summed E-state index contributed by atoms with van der Waals surface area (Å²) in [6.45, 7) is 11.5. The lowest BCUT2D eigenvalue weighted by Gasteiger charge is -2.63. The number of benzene rings is 2. The van der Waals surface area contributed by atoms with Crippen LogP contribution >= 0.6 is 0 Å². The molecule has 0 spiro atoms. The molecule has 4 bridgehead atoms. The Labute approximate surface area is 214 Å². The standard InChI is InChI=1S/C28H38O7Si/c1-27(2,3)36(4,5)35-26-24-21(30-16-19-12-8-6-9-13-19)23-22(31-17-20-14-10-7-11-15-20)25(26)34-28(18-29,32-23)33-24/h6-15,21-26,29H,16-18H2,1-5H3/t21-,22-,23?,24-,25+,26?,28?/m0/s1. The van der Waals surface area contributed by atoms with E-state index in [0.717, 1.165) is 11.1 Å². The van der Waals surface area contributed by atoms with E-state index >= 15 is 0 Å². The molecule has 3 heterocycles. The highest BCUT2D eigenvalue weighted by Crippen LogP contribution is 2.50. The third-order valence-electron chi connectivity index (χ3n) is 7.89. The van der Waals surface area contributed by atoms with Gasteiger partial charge in [-0.25, -0.2) is 0 Å². The van der Waals surface area contributed by atoms with Crippen LogP contribution in [0.4, 0.5) is 0 Å². The lowest BCUT2D eigenvalue weighted by molar-refractivity contribution is -0.544. The summed E-state index contributed by atoms with van der Waals surface area (Å²) in [5, 5.41) is 10.2. The first-order chi connectivity index (χ1) is 17.1. The van der Waals surface area contributed by atoms with Crippen LogP contribution in [0.15, 0.2) is 60.7 Å². The molecule has 1 N–H and O–H groups in total. The Hall–Kier alpha value is -1.62. The Morgan fingerprint density at radius 1 is 0.750 bits per heavy atom. The Morgan fingerprint density at radius 3 is 1.56 bits per heavy atom. The third kappa shape index (κ3) is 4.93. The van der Waals surface area contributed by atoms with Crippen LogP contribution in [-0.4, -0.2) is 62.6 Å². The van der Waals surface area contributed by atoms with Gasteiger partial charge in [0.2, 0.25) is 0 Å². The fourth-order valence-electron chi connectivity index (χ4n) is 4.91. The van der Waals surface area contributed by atoms with Crippen LogP contribution in [-0.2, 0) is 41.3 Å². The molecule has 3 aliphatic heterocycles. The van der Waals surface area contributed by atoms with E-state index < -0.39 is 57.5 Å². The molecule has 3 unspecified atom stereocenters. The quantitative estimate of drug-likeness (QED) is 0.498. The minimum Gasteiger partial charge on any atom is -0.408 e. The van der Waals surface area contributed by atoms with Crippen molar-refractivity contribution < 1.29 is 33.2 Å². The lowest BCUT2D eigenvalue weighted by atomic mass is 9.81. The molecular formula is C28H38O7Si. The van der Waals surface area contributed by atoms with E-state index in [9.17, 15) is 5.11 Å². The maximum Gasteiger partial charge on any atom is 0.308 e. The Balaban J connectivity index is 1.45. The number of hydrogen-bond acceptors (Lipinski definition) is 7. The van der Waals surface area contributed by atoms with E-state index in [4.69, 9.17) is 28.1 Å². The number of rotatable bonds is 9. The fraction of sp³-hybridized carbons (Fsp3) is 0.571. The lowest BCUT2D eigenvalue weighted by Crippen LogP contribution is -2.81. The Bertz CT molecular complexity index is 948. The highest BCUT2D eigenvalue weighted by atomic mass is 28.4. The van der Waals surface area contributed by atoms with Crippen LogP contribution in [0, 0.1) is 0 Å². The zero-order valence-electron chi connectivity index (χ0n) is 21.8. The first kappa shape index (κ1) is 26.0. The minimum absolute atomic E-state index is 0.00633. The second-order valence-electron chi connectivity index (χ2n) is 11.5. The molecule has 2 aromatic rings. The number of aliphatic hydroxyl groups is 1. The number of hydrogen-bond donors (Lipinski definition) is 1. The van der Waals surface area contributed by atoms with E-state index in [1.807, 2.05) is 60.7 Å². The topological polar surface area (TPSA) is 75.6 Å². The smallest absolute Gasteiger partial charge is 0.308 e. The van der Waals surface area contributed by atoms with Gasteiger partial charge in [-0.15, -0.1) is 0 Å². The summed E-state index contributed by atoms with van der Waals surface area (Å²) in [5.41, 5.74) is 2.12. The van der Waals surface area contributed by atoms with Gasteiger partial charge in [0.15, 0.2) is 8.32 Å². The van der Waals surface area contributed by atoms with Gasteiger partial charge in [-0.3, -0.25) is 0 Å². The normalized spacial score (nSPS) is 33.7. The molecule has 1 aliphatic carbocycles. The van der Waals surface area contributed by atoms with Crippen molar-refractivity contribution in [1.29, 1.82) is 0 Å². The van der Waals surface area contributed by atoms with Crippen LogP contribution < -0.4 is 0 Å². The van der Waals surface area contributed by atoms with Crippen LogP contribution in [0.3, 0.4) is 0 Å². The molecule has 0 aromatic heterocycles. The van der Waals surface area contributed by atoms with Crippen molar-refractivity contribution >= 4 is 8.32 Å². The number of ether oxygens (including phenoxy) is 5. The highest BCUT2D eigenvalue weighted by molar-refractivity contribution is 6.74. The van der Waals surface area contributed by atoms with Crippen molar-refractivity contribution in [2.75, 3.05) is 6.61 Å². The fourth-order valence-corrected chi connectivity index (χ4v) is 6.21. The summed E-state index contributed by atoms with van der Waals surface area (Å²) in [6, 6.07) is 20.1. The molecule has 0 amide bonds. The minimum atomic E-state index is -2.21. The van der Waals surface area contributed by atoms with Gasteiger partial charge < -0.3 is 33.2 Å². The maximum absolute atomic E-state index is 10.2. The van der Waals surface area contributed by atoms with Gasteiger partial charge in [-0.05, 0) is 29.3 Å². The van der Waals surface area contributed by atoms with Crippen LogP contribution in [0.25, 0.3) is 0 Å². The molecule has 0 radical (unpaired) electrons. The molecular weight excluding hydrogens is 476 g/mol. The van der Waals surface area contributed by atoms with Gasteiger partial charge >= 0.3 is 5.97 Å². The highest BCUT2D eigenvalue weighted by Gasteiger charge is 2.69. The third-order valence-corrected chi connectivity index (χ3v) is 12.4. The van der Waals surface area contributed by atoms with E-state index in [1.54, 1.807) is 0 Å². The summed E-state index contributed by atoms with van der Waals surface area (Å²) >= 11 is 0. The summed E-state index contributed by atoms with van der Waals surface area (Å²) in [7, 11) is -2.21. The molecule has 196 valence electrons. The van der Waals surface area contributed by atoms with Crippen molar-refractivity contribution in [2.45, 2.75) is 94.7 Å². The van der Waals surface area contributed by atoms with Gasteiger partial charge in [-0.2, -0.15) is 0 Å². The first-order valence-corrected chi connectivity index (χ1v) is 15.7. The zero-order valence-corrected chi connectivity index (χ0v) is 22.8.